The van der Waals surface area contributed by atoms with E-state index in [1.54, 1.807) is 24.5 Å². The second-order valence-corrected chi connectivity index (χ2v) is 6.66. The molecule has 2 aromatic rings. The maximum absolute atomic E-state index is 9.24. The lowest BCUT2D eigenvalue weighted by Gasteiger charge is -2.16. The van der Waals surface area contributed by atoms with E-state index in [1.165, 1.54) is 4.88 Å². The summed E-state index contributed by atoms with van der Waals surface area (Å²) in [6, 6.07) is 5.59. The normalized spacial score (nSPS) is 12.4. The number of halogens is 1. The van der Waals surface area contributed by atoms with Gasteiger partial charge in [-0.2, -0.15) is 0 Å². The van der Waals surface area contributed by atoms with E-state index < -0.39 is 0 Å². The molecule has 0 aliphatic heterocycles. The molecule has 0 saturated carbocycles. The van der Waals surface area contributed by atoms with E-state index in [1.807, 2.05) is 19.1 Å². The number of ether oxygens (including phenoxy) is 1. The summed E-state index contributed by atoms with van der Waals surface area (Å²) in [7, 11) is 1.70. The summed E-state index contributed by atoms with van der Waals surface area (Å²) in [4.78, 5) is 5.78. The number of anilines is 1. The second-order valence-electron chi connectivity index (χ2n) is 5.14. The van der Waals surface area contributed by atoms with Crippen LogP contribution in [0, 0.1) is 6.92 Å². The van der Waals surface area contributed by atoms with Gasteiger partial charge in [0.2, 0.25) is 0 Å². The van der Waals surface area contributed by atoms with Crippen LogP contribution in [0.4, 0.5) is 5.69 Å². The van der Waals surface area contributed by atoms with Gasteiger partial charge < -0.3 is 15.2 Å². The Morgan fingerprint density at radius 3 is 2.91 bits per heavy atom. The molecule has 0 fully saturated rings. The molecule has 1 unspecified atom stereocenters. The van der Waals surface area contributed by atoms with Crippen LogP contribution in [-0.2, 0) is 17.8 Å². The van der Waals surface area contributed by atoms with Crippen molar-refractivity contribution in [3.05, 3.63) is 44.4 Å². The van der Waals surface area contributed by atoms with Crippen molar-refractivity contribution in [3.63, 3.8) is 0 Å². The Hall–Kier alpha value is -1.14. The standard InChI is InChI=1S/C16H21ClN2O2S/c1-10(16-11(2)19-15(22-16)6-7-21-3)18-14-8-12(9-20)4-5-13(14)17/h4-5,8,10,18,20H,6-7,9H2,1-3H3. The molecule has 0 amide bonds. The maximum atomic E-state index is 9.24. The quantitative estimate of drug-likeness (QED) is 0.801. The van der Waals surface area contributed by atoms with E-state index in [2.05, 4.69) is 17.2 Å². The molecule has 0 saturated heterocycles. The molecule has 4 nitrogen and oxygen atoms in total. The summed E-state index contributed by atoms with van der Waals surface area (Å²) in [6.07, 6.45) is 0.829. The van der Waals surface area contributed by atoms with E-state index in [0.717, 1.165) is 28.4 Å². The van der Waals surface area contributed by atoms with Crippen molar-refractivity contribution in [1.29, 1.82) is 0 Å². The zero-order chi connectivity index (χ0) is 16.1. The molecule has 1 aromatic carbocycles. The molecule has 0 radical (unpaired) electrons. The van der Waals surface area contributed by atoms with Crippen molar-refractivity contribution < 1.29 is 9.84 Å². The molecule has 1 aromatic heterocycles. The zero-order valence-electron chi connectivity index (χ0n) is 13.0. The third kappa shape index (κ3) is 4.20. The number of benzene rings is 1. The van der Waals surface area contributed by atoms with Gasteiger partial charge in [0.05, 0.1) is 40.7 Å². The molecule has 2 N–H and O–H groups in total. The Labute approximate surface area is 140 Å². The number of nitrogens with one attached hydrogen (secondary N) is 1. The van der Waals surface area contributed by atoms with Crippen LogP contribution < -0.4 is 5.32 Å². The number of methoxy groups -OCH3 is 1. The predicted molar refractivity (Wildman–Crippen MR) is 91.8 cm³/mol. The van der Waals surface area contributed by atoms with Gasteiger partial charge in [-0.15, -0.1) is 11.3 Å². The number of nitrogens with zero attached hydrogens (tertiary/aromatic N) is 1. The molecule has 2 rings (SSSR count). The van der Waals surface area contributed by atoms with Crippen molar-refractivity contribution in [2.45, 2.75) is 32.9 Å². The van der Waals surface area contributed by atoms with Crippen molar-refractivity contribution >= 4 is 28.6 Å². The number of hydrogen-bond donors (Lipinski definition) is 2. The van der Waals surface area contributed by atoms with E-state index in [4.69, 9.17) is 16.3 Å². The van der Waals surface area contributed by atoms with Gasteiger partial charge in [0.15, 0.2) is 0 Å². The molecule has 1 atom stereocenters. The minimum Gasteiger partial charge on any atom is -0.392 e. The molecule has 1 heterocycles. The Morgan fingerprint density at radius 1 is 1.45 bits per heavy atom. The number of aromatic nitrogens is 1. The minimum atomic E-state index is 0.000973. The minimum absolute atomic E-state index is 0.000973. The molecule has 0 aliphatic carbocycles. The molecular formula is C16H21ClN2O2S. The first-order valence-electron chi connectivity index (χ1n) is 7.16. The van der Waals surface area contributed by atoms with E-state index in [-0.39, 0.29) is 12.6 Å². The van der Waals surface area contributed by atoms with Crippen molar-refractivity contribution in [3.8, 4) is 0 Å². The fourth-order valence-electron chi connectivity index (χ4n) is 2.24. The van der Waals surface area contributed by atoms with Crippen LogP contribution in [0.3, 0.4) is 0 Å². The van der Waals surface area contributed by atoms with Crippen molar-refractivity contribution in [1.82, 2.24) is 4.98 Å². The fraction of sp³-hybridized carbons (Fsp3) is 0.438. The Morgan fingerprint density at radius 2 is 2.23 bits per heavy atom. The number of aliphatic hydroxyl groups excluding tert-OH is 1. The lowest BCUT2D eigenvalue weighted by molar-refractivity contribution is 0.202. The van der Waals surface area contributed by atoms with Gasteiger partial charge in [0, 0.05) is 18.4 Å². The van der Waals surface area contributed by atoms with E-state index >= 15 is 0 Å². The largest absolute Gasteiger partial charge is 0.392 e. The maximum Gasteiger partial charge on any atom is 0.0954 e. The fourth-order valence-corrected chi connectivity index (χ4v) is 3.47. The summed E-state index contributed by atoms with van der Waals surface area (Å²) in [6.45, 7) is 4.79. The first-order valence-corrected chi connectivity index (χ1v) is 8.35. The lowest BCUT2D eigenvalue weighted by atomic mass is 10.1. The smallest absolute Gasteiger partial charge is 0.0954 e. The first kappa shape index (κ1) is 17.2. The Kier molecular flexibility index (Phi) is 6.20. The van der Waals surface area contributed by atoms with Gasteiger partial charge in [0.1, 0.15) is 0 Å². The van der Waals surface area contributed by atoms with Crippen molar-refractivity contribution in [2.24, 2.45) is 0 Å². The third-order valence-electron chi connectivity index (χ3n) is 3.38. The molecule has 6 heteroatoms. The van der Waals surface area contributed by atoms with Crippen LogP contribution in [0.1, 0.15) is 34.1 Å². The van der Waals surface area contributed by atoms with Gasteiger partial charge >= 0.3 is 0 Å². The number of aliphatic hydroxyl groups is 1. The van der Waals surface area contributed by atoms with E-state index in [0.29, 0.717) is 11.6 Å². The van der Waals surface area contributed by atoms with Crippen molar-refractivity contribution in [2.75, 3.05) is 19.0 Å². The summed E-state index contributed by atoms with van der Waals surface area (Å²) < 4.78 is 5.10. The number of thiazole rings is 1. The Balaban J connectivity index is 2.15. The van der Waals surface area contributed by atoms with Crippen LogP contribution in [0.15, 0.2) is 18.2 Å². The predicted octanol–water partition coefficient (Wildman–Crippen LogP) is 3.96. The topological polar surface area (TPSA) is 54.4 Å². The first-order chi connectivity index (χ1) is 10.5. The highest BCUT2D eigenvalue weighted by Gasteiger charge is 2.15. The number of aryl methyl sites for hydroxylation is 1. The second kappa shape index (κ2) is 7.92. The SMILES string of the molecule is COCCc1nc(C)c(C(C)Nc2cc(CO)ccc2Cl)s1. The molecule has 0 bridgehead atoms. The molecular weight excluding hydrogens is 320 g/mol. The molecule has 0 spiro atoms. The van der Waals surface area contributed by atoms with Crippen LogP contribution in [0.2, 0.25) is 5.02 Å². The average Bonchev–Trinajstić information content (AvgIpc) is 2.88. The summed E-state index contributed by atoms with van der Waals surface area (Å²) in [5.74, 6) is 0. The molecule has 0 aliphatic rings. The van der Waals surface area contributed by atoms with E-state index in [9.17, 15) is 5.11 Å². The highest BCUT2D eigenvalue weighted by Crippen LogP contribution is 2.31. The van der Waals surface area contributed by atoms with Crippen LogP contribution >= 0.6 is 22.9 Å². The zero-order valence-corrected chi connectivity index (χ0v) is 14.6. The van der Waals surface area contributed by atoms with Gasteiger partial charge in [-0.1, -0.05) is 17.7 Å². The van der Waals surface area contributed by atoms with Crippen LogP contribution in [0.5, 0.6) is 0 Å². The highest BCUT2D eigenvalue weighted by atomic mass is 35.5. The summed E-state index contributed by atoms with van der Waals surface area (Å²) >= 11 is 7.92. The lowest BCUT2D eigenvalue weighted by Crippen LogP contribution is -2.07. The Bertz CT molecular complexity index is 631. The number of hydrogen-bond acceptors (Lipinski definition) is 5. The van der Waals surface area contributed by atoms with Gasteiger partial charge in [-0.25, -0.2) is 4.98 Å². The third-order valence-corrected chi connectivity index (χ3v) is 5.10. The summed E-state index contributed by atoms with van der Waals surface area (Å²) in [5, 5.41) is 14.4. The number of rotatable bonds is 7. The van der Waals surface area contributed by atoms with Gasteiger partial charge in [-0.05, 0) is 31.5 Å². The van der Waals surface area contributed by atoms with Gasteiger partial charge in [0.25, 0.3) is 0 Å². The molecule has 22 heavy (non-hydrogen) atoms. The monoisotopic (exact) mass is 340 g/mol. The van der Waals surface area contributed by atoms with Crippen LogP contribution in [0.25, 0.3) is 0 Å². The average molecular weight is 341 g/mol. The highest BCUT2D eigenvalue weighted by molar-refractivity contribution is 7.11. The summed E-state index contributed by atoms with van der Waals surface area (Å²) in [5.41, 5.74) is 2.69. The molecule has 120 valence electrons. The van der Waals surface area contributed by atoms with Gasteiger partial charge in [-0.3, -0.25) is 0 Å². The van der Waals surface area contributed by atoms with Crippen LogP contribution in [-0.4, -0.2) is 23.8 Å².